The standard InChI is InChI=1S/C15H28N4O2/c1-11-10-21-12(2)9-19(11)15-14(8-16-6-7-20-5)13(3)17-18(15)4/h11-12,16H,6-10H2,1-5H3. The van der Waals surface area contributed by atoms with Crippen LogP contribution in [0.4, 0.5) is 5.82 Å². The molecule has 2 atom stereocenters. The first-order valence-corrected chi connectivity index (χ1v) is 7.65. The van der Waals surface area contributed by atoms with Crippen molar-refractivity contribution in [3.63, 3.8) is 0 Å². The molecule has 1 aromatic heterocycles. The van der Waals surface area contributed by atoms with Crippen molar-refractivity contribution >= 4 is 5.82 Å². The van der Waals surface area contributed by atoms with Crippen molar-refractivity contribution < 1.29 is 9.47 Å². The van der Waals surface area contributed by atoms with Crippen LogP contribution in [0, 0.1) is 6.92 Å². The maximum Gasteiger partial charge on any atom is 0.131 e. The first-order chi connectivity index (χ1) is 10.0. The summed E-state index contributed by atoms with van der Waals surface area (Å²) in [6.07, 6.45) is 0.255. The van der Waals surface area contributed by atoms with E-state index in [1.165, 1.54) is 11.4 Å². The van der Waals surface area contributed by atoms with Gasteiger partial charge in [0.1, 0.15) is 5.82 Å². The molecule has 21 heavy (non-hydrogen) atoms. The minimum atomic E-state index is 0.255. The van der Waals surface area contributed by atoms with Crippen LogP contribution in [-0.4, -0.2) is 55.3 Å². The van der Waals surface area contributed by atoms with Crippen LogP contribution in [0.25, 0.3) is 0 Å². The number of methoxy groups -OCH3 is 1. The molecule has 1 fully saturated rings. The van der Waals surface area contributed by atoms with Crippen molar-refractivity contribution in [2.24, 2.45) is 7.05 Å². The zero-order chi connectivity index (χ0) is 15.4. The van der Waals surface area contributed by atoms with E-state index in [1.807, 2.05) is 11.7 Å². The van der Waals surface area contributed by atoms with E-state index in [9.17, 15) is 0 Å². The molecule has 0 radical (unpaired) electrons. The predicted molar refractivity (Wildman–Crippen MR) is 83.7 cm³/mol. The summed E-state index contributed by atoms with van der Waals surface area (Å²) in [7, 11) is 3.74. The monoisotopic (exact) mass is 296 g/mol. The van der Waals surface area contributed by atoms with Crippen molar-refractivity contribution in [1.29, 1.82) is 0 Å². The number of ether oxygens (including phenoxy) is 2. The second-order valence-electron chi connectivity index (χ2n) is 5.83. The Bertz CT molecular complexity index is 461. The zero-order valence-corrected chi connectivity index (χ0v) is 13.8. The Labute approximate surface area is 127 Å². The molecule has 1 aliphatic heterocycles. The highest BCUT2D eigenvalue weighted by molar-refractivity contribution is 5.51. The second kappa shape index (κ2) is 7.24. The van der Waals surface area contributed by atoms with E-state index < -0.39 is 0 Å². The number of nitrogens with one attached hydrogen (secondary N) is 1. The molecule has 2 unspecified atom stereocenters. The van der Waals surface area contributed by atoms with E-state index in [2.05, 4.69) is 36.1 Å². The van der Waals surface area contributed by atoms with Crippen LogP contribution < -0.4 is 10.2 Å². The first-order valence-electron chi connectivity index (χ1n) is 7.65. The van der Waals surface area contributed by atoms with Gasteiger partial charge in [0.05, 0.1) is 31.1 Å². The molecule has 2 heterocycles. The van der Waals surface area contributed by atoms with E-state index in [0.717, 1.165) is 38.5 Å². The molecule has 1 saturated heterocycles. The molecule has 1 aliphatic rings. The number of hydrogen-bond acceptors (Lipinski definition) is 5. The van der Waals surface area contributed by atoms with E-state index >= 15 is 0 Å². The number of morpholine rings is 1. The molecule has 6 nitrogen and oxygen atoms in total. The van der Waals surface area contributed by atoms with Crippen LogP contribution in [-0.2, 0) is 23.1 Å². The van der Waals surface area contributed by atoms with Gasteiger partial charge in [0, 0.05) is 39.4 Å². The maximum atomic E-state index is 5.74. The lowest BCUT2D eigenvalue weighted by Crippen LogP contribution is -2.48. The van der Waals surface area contributed by atoms with Crippen molar-refractivity contribution in [3.05, 3.63) is 11.3 Å². The zero-order valence-electron chi connectivity index (χ0n) is 13.8. The SMILES string of the molecule is COCCNCc1c(C)nn(C)c1N1CC(C)OCC1C. The van der Waals surface area contributed by atoms with Gasteiger partial charge in [-0.1, -0.05) is 0 Å². The summed E-state index contributed by atoms with van der Waals surface area (Å²) in [6, 6.07) is 0.369. The Morgan fingerprint density at radius 2 is 2.19 bits per heavy atom. The Kier molecular flexibility index (Phi) is 5.61. The number of hydrogen-bond donors (Lipinski definition) is 1. The second-order valence-corrected chi connectivity index (χ2v) is 5.83. The van der Waals surface area contributed by atoms with Crippen molar-refractivity contribution in [2.75, 3.05) is 38.3 Å². The van der Waals surface area contributed by atoms with Gasteiger partial charge in [0.15, 0.2) is 0 Å². The van der Waals surface area contributed by atoms with Gasteiger partial charge in [-0.05, 0) is 20.8 Å². The summed E-state index contributed by atoms with van der Waals surface area (Å²) in [5, 5.41) is 8.03. The van der Waals surface area contributed by atoms with Gasteiger partial charge in [0.2, 0.25) is 0 Å². The minimum absolute atomic E-state index is 0.255. The van der Waals surface area contributed by atoms with Gasteiger partial charge in [0.25, 0.3) is 0 Å². The molecule has 0 aliphatic carbocycles. The summed E-state index contributed by atoms with van der Waals surface area (Å²) in [4.78, 5) is 2.42. The molecule has 1 aromatic rings. The van der Waals surface area contributed by atoms with Crippen molar-refractivity contribution in [1.82, 2.24) is 15.1 Å². The van der Waals surface area contributed by atoms with E-state index in [1.54, 1.807) is 7.11 Å². The molecular weight excluding hydrogens is 268 g/mol. The topological polar surface area (TPSA) is 51.5 Å². The summed E-state index contributed by atoms with van der Waals surface area (Å²) < 4.78 is 12.8. The summed E-state index contributed by atoms with van der Waals surface area (Å²) in [5.41, 5.74) is 2.36. The average Bonchev–Trinajstić information content (AvgIpc) is 2.72. The first kappa shape index (κ1) is 16.3. The molecule has 120 valence electrons. The number of aryl methyl sites for hydroxylation is 2. The highest BCUT2D eigenvalue weighted by atomic mass is 16.5. The summed E-state index contributed by atoms with van der Waals surface area (Å²) in [6.45, 7) is 10.5. The third-order valence-electron chi connectivity index (χ3n) is 3.98. The maximum absolute atomic E-state index is 5.74. The highest BCUT2D eigenvalue weighted by Gasteiger charge is 2.28. The number of aromatic nitrogens is 2. The van der Waals surface area contributed by atoms with E-state index in [0.29, 0.717) is 6.04 Å². The molecule has 2 rings (SSSR count). The Balaban J connectivity index is 2.17. The third-order valence-corrected chi connectivity index (χ3v) is 3.98. The lowest BCUT2D eigenvalue weighted by Gasteiger charge is -2.38. The quantitative estimate of drug-likeness (QED) is 0.796. The Morgan fingerprint density at radius 1 is 1.43 bits per heavy atom. The Hall–Kier alpha value is -1.11. The fraction of sp³-hybridized carbons (Fsp3) is 0.800. The van der Waals surface area contributed by atoms with Gasteiger partial charge < -0.3 is 19.7 Å². The lowest BCUT2D eigenvalue weighted by molar-refractivity contribution is 0.0337. The lowest BCUT2D eigenvalue weighted by atomic mass is 10.1. The molecule has 0 amide bonds. The number of rotatable bonds is 6. The van der Waals surface area contributed by atoms with Gasteiger partial charge in [-0.25, -0.2) is 0 Å². The van der Waals surface area contributed by atoms with Crippen LogP contribution in [0.5, 0.6) is 0 Å². The van der Waals surface area contributed by atoms with Gasteiger partial charge in [-0.15, -0.1) is 0 Å². The van der Waals surface area contributed by atoms with Crippen LogP contribution in [0.3, 0.4) is 0 Å². The molecule has 0 bridgehead atoms. The highest BCUT2D eigenvalue weighted by Crippen LogP contribution is 2.27. The summed E-state index contributed by atoms with van der Waals surface area (Å²) >= 11 is 0. The molecule has 1 N–H and O–H groups in total. The fourth-order valence-corrected chi connectivity index (χ4v) is 2.84. The number of nitrogens with zero attached hydrogens (tertiary/aromatic N) is 3. The third kappa shape index (κ3) is 3.75. The van der Waals surface area contributed by atoms with Crippen LogP contribution in [0.2, 0.25) is 0 Å². The van der Waals surface area contributed by atoms with E-state index in [4.69, 9.17) is 9.47 Å². The Morgan fingerprint density at radius 3 is 2.90 bits per heavy atom. The average molecular weight is 296 g/mol. The molecule has 0 saturated carbocycles. The molecular formula is C15H28N4O2. The smallest absolute Gasteiger partial charge is 0.131 e. The predicted octanol–water partition coefficient (Wildman–Crippen LogP) is 1.08. The van der Waals surface area contributed by atoms with Crippen LogP contribution in [0.1, 0.15) is 25.1 Å². The van der Waals surface area contributed by atoms with Gasteiger partial charge in [-0.2, -0.15) is 5.10 Å². The van der Waals surface area contributed by atoms with Gasteiger partial charge in [-0.3, -0.25) is 4.68 Å². The summed E-state index contributed by atoms with van der Waals surface area (Å²) in [5.74, 6) is 1.21. The number of anilines is 1. The van der Waals surface area contributed by atoms with E-state index in [-0.39, 0.29) is 6.10 Å². The minimum Gasteiger partial charge on any atom is -0.383 e. The molecule has 0 spiro atoms. The molecule has 6 heteroatoms. The van der Waals surface area contributed by atoms with Crippen LogP contribution >= 0.6 is 0 Å². The largest absolute Gasteiger partial charge is 0.383 e. The van der Waals surface area contributed by atoms with Crippen molar-refractivity contribution in [3.8, 4) is 0 Å². The fourth-order valence-electron chi connectivity index (χ4n) is 2.84. The van der Waals surface area contributed by atoms with Gasteiger partial charge >= 0.3 is 0 Å². The normalized spacial score (nSPS) is 22.8. The van der Waals surface area contributed by atoms with Crippen LogP contribution in [0.15, 0.2) is 0 Å². The van der Waals surface area contributed by atoms with Crippen molar-refractivity contribution in [2.45, 2.75) is 39.5 Å². The molecule has 0 aromatic carbocycles.